The number of nitrogens with zero attached hydrogens (tertiary/aromatic N) is 1. The summed E-state index contributed by atoms with van der Waals surface area (Å²) in [5, 5.41) is 0. The second kappa shape index (κ2) is 8.09. The first-order valence-electron chi connectivity index (χ1n) is 9.46. The zero-order valence-corrected chi connectivity index (χ0v) is 15.5. The van der Waals surface area contributed by atoms with Crippen LogP contribution < -0.4 is 5.73 Å². The van der Waals surface area contributed by atoms with E-state index in [4.69, 9.17) is 15.5 Å². The minimum Gasteiger partial charge on any atom is -0.446 e. The number of hydrogen-bond donors (Lipinski definition) is 1. The fourth-order valence-corrected chi connectivity index (χ4v) is 3.66. The molecule has 4 rings (SSSR count). The number of ether oxygens (including phenoxy) is 1. The molecular formula is C24H22N2O2. The lowest BCUT2D eigenvalue weighted by molar-refractivity contribution is 0.0980. The summed E-state index contributed by atoms with van der Waals surface area (Å²) in [5.41, 5.74) is 11.6. The monoisotopic (exact) mass is 370 g/mol. The van der Waals surface area contributed by atoms with Crippen molar-refractivity contribution in [3.05, 3.63) is 101 Å². The topological polar surface area (TPSA) is 64.7 Å². The summed E-state index contributed by atoms with van der Waals surface area (Å²) in [6.07, 6.45) is 1.50. The first kappa shape index (κ1) is 18.0. The van der Waals surface area contributed by atoms with Crippen molar-refractivity contribution in [2.24, 2.45) is 10.7 Å². The van der Waals surface area contributed by atoms with Crippen LogP contribution in [0.1, 0.15) is 28.7 Å². The Morgan fingerprint density at radius 1 is 0.893 bits per heavy atom. The summed E-state index contributed by atoms with van der Waals surface area (Å²) in [5.74, 6) is 0. The zero-order chi connectivity index (χ0) is 19.3. The lowest BCUT2D eigenvalue weighted by atomic mass is 9.89. The molecule has 1 amide bonds. The molecule has 1 aliphatic carbocycles. The molecule has 0 saturated heterocycles. The molecule has 3 aromatic rings. The van der Waals surface area contributed by atoms with Gasteiger partial charge in [-0.1, -0.05) is 66.7 Å². The number of aliphatic imine (C=N–C) groups is 1. The van der Waals surface area contributed by atoms with Crippen LogP contribution in [-0.2, 0) is 17.6 Å². The summed E-state index contributed by atoms with van der Waals surface area (Å²) in [7, 11) is 0. The number of benzene rings is 3. The van der Waals surface area contributed by atoms with Crippen LogP contribution in [0.25, 0.3) is 0 Å². The van der Waals surface area contributed by atoms with Crippen LogP contribution in [0.15, 0.2) is 83.9 Å². The summed E-state index contributed by atoms with van der Waals surface area (Å²) in [6, 6.07) is 26.7. The molecule has 28 heavy (non-hydrogen) atoms. The molecule has 0 aliphatic heterocycles. The van der Waals surface area contributed by atoms with Gasteiger partial charge in [0, 0.05) is 17.5 Å². The first-order valence-corrected chi connectivity index (χ1v) is 9.46. The number of amides is 1. The smallest absolute Gasteiger partial charge is 0.404 e. The molecule has 1 unspecified atom stereocenters. The molecule has 140 valence electrons. The van der Waals surface area contributed by atoms with E-state index >= 15 is 0 Å². The average molecular weight is 370 g/mol. The van der Waals surface area contributed by atoms with Gasteiger partial charge in [0.1, 0.15) is 6.10 Å². The first-order chi connectivity index (χ1) is 13.7. The van der Waals surface area contributed by atoms with Gasteiger partial charge in [-0.25, -0.2) is 9.79 Å². The standard InChI is InChI=1S/C24H22N2O2/c25-24(27)28-22-14-12-19-15-21(13-11-20(19)16-22)26-23(17-7-3-1-4-8-17)18-9-5-2-6-10-18/h1-11,13,15,22H,12,14,16H2,(H2,25,27). The number of carbonyl (C=O) groups is 1. The van der Waals surface area contributed by atoms with Crippen molar-refractivity contribution in [1.82, 2.24) is 0 Å². The highest BCUT2D eigenvalue weighted by Gasteiger charge is 2.21. The molecular weight excluding hydrogens is 348 g/mol. The second-order valence-electron chi connectivity index (χ2n) is 6.95. The van der Waals surface area contributed by atoms with Gasteiger partial charge in [-0.05, 0) is 36.1 Å². The Kier molecular flexibility index (Phi) is 5.20. The van der Waals surface area contributed by atoms with Gasteiger partial charge >= 0.3 is 6.09 Å². The van der Waals surface area contributed by atoms with Gasteiger partial charge < -0.3 is 10.5 Å². The van der Waals surface area contributed by atoms with Gasteiger partial charge in [0.05, 0.1) is 11.4 Å². The molecule has 0 spiro atoms. The van der Waals surface area contributed by atoms with Crippen molar-refractivity contribution < 1.29 is 9.53 Å². The number of nitrogens with two attached hydrogens (primary N) is 1. The Bertz CT molecular complexity index is 956. The Labute approximate surface area is 164 Å². The van der Waals surface area contributed by atoms with Gasteiger partial charge in [0.2, 0.25) is 0 Å². The van der Waals surface area contributed by atoms with E-state index in [9.17, 15) is 4.79 Å². The largest absolute Gasteiger partial charge is 0.446 e. The number of primary amides is 1. The summed E-state index contributed by atoms with van der Waals surface area (Å²) >= 11 is 0. The van der Waals surface area contributed by atoms with Gasteiger partial charge in [-0.2, -0.15) is 0 Å². The van der Waals surface area contributed by atoms with Crippen molar-refractivity contribution in [2.45, 2.75) is 25.4 Å². The number of rotatable bonds is 4. The molecule has 4 heteroatoms. The van der Waals surface area contributed by atoms with Crippen molar-refractivity contribution in [3.63, 3.8) is 0 Å². The van der Waals surface area contributed by atoms with Crippen molar-refractivity contribution in [2.75, 3.05) is 0 Å². The number of fused-ring (bicyclic) bond motifs is 1. The molecule has 0 fully saturated rings. The van der Waals surface area contributed by atoms with Gasteiger partial charge in [0.25, 0.3) is 0 Å². The van der Waals surface area contributed by atoms with E-state index in [1.54, 1.807) is 0 Å². The molecule has 1 atom stereocenters. The lowest BCUT2D eigenvalue weighted by Gasteiger charge is -2.24. The Morgan fingerprint density at radius 3 is 2.14 bits per heavy atom. The van der Waals surface area contributed by atoms with Gasteiger partial charge in [0.15, 0.2) is 0 Å². The third-order valence-corrected chi connectivity index (χ3v) is 4.99. The SMILES string of the molecule is NC(=O)OC1CCc2cc(N=C(c3ccccc3)c3ccccc3)ccc2C1. The highest BCUT2D eigenvalue weighted by atomic mass is 16.6. The highest BCUT2D eigenvalue weighted by Crippen LogP contribution is 2.28. The zero-order valence-electron chi connectivity index (χ0n) is 15.5. The quantitative estimate of drug-likeness (QED) is 0.670. The predicted octanol–water partition coefficient (Wildman–Crippen LogP) is 4.81. The van der Waals surface area contributed by atoms with E-state index in [1.165, 1.54) is 11.1 Å². The Balaban J connectivity index is 1.67. The highest BCUT2D eigenvalue weighted by molar-refractivity contribution is 6.13. The molecule has 0 heterocycles. The molecule has 2 N–H and O–H groups in total. The van der Waals surface area contributed by atoms with Crippen molar-refractivity contribution >= 4 is 17.5 Å². The fourth-order valence-electron chi connectivity index (χ4n) is 3.66. The number of aryl methyl sites for hydroxylation is 1. The number of carbonyl (C=O) groups excluding carboxylic acids is 1. The predicted molar refractivity (Wildman–Crippen MR) is 111 cm³/mol. The van der Waals surface area contributed by atoms with E-state index < -0.39 is 6.09 Å². The molecule has 0 radical (unpaired) electrons. The van der Waals surface area contributed by atoms with Crippen LogP contribution in [0.5, 0.6) is 0 Å². The molecule has 4 nitrogen and oxygen atoms in total. The minimum atomic E-state index is -0.704. The average Bonchev–Trinajstić information content (AvgIpc) is 2.73. The lowest BCUT2D eigenvalue weighted by Crippen LogP contribution is -2.28. The van der Waals surface area contributed by atoms with Crippen LogP contribution in [0.4, 0.5) is 10.5 Å². The molecule has 0 saturated carbocycles. The third-order valence-electron chi connectivity index (χ3n) is 4.99. The van der Waals surface area contributed by atoms with Crippen LogP contribution in [0.3, 0.4) is 0 Å². The normalized spacial score (nSPS) is 15.4. The fraction of sp³-hybridized carbons (Fsp3) is 0.167. The molecule has 3 aromatic carbocycles. The van der Waals surface area contributed by atoms with Gasteiger partial charge in [-0.15, -0.1) is 0 Å². The van der Waals surface area contributed by atoms with E-state index in [-0.39, 0.29) is 6.10 Å². The van der Waals surface area contributed by atoms with E-state index in [2.05, 4.69) is 36.4 Å². The minimum absolute atomic E-state index is 0.136. The van der Waals surface area contributed by atoms with Crippen LogP contribution in [0, 0.1) is 0 Å². The molecule has 1 aliphatic rings. The van der Waals surface area contributed by atoms with Gasteiger partial charge in [-0.3, -0.25) is 0 Å². The van der Waals surface area contributed by atoms with Crippen LogP contribution in [-0.4, -0.2) is 17.9 Å². The third kappa shape index (κ3) is 4.12. The second-order valence-corrected chi connectivity index (χ2v) is 6.95. The Morgan fingerprint density at radius 2 is 1.54 bits per heavy atom. The maximum atomic E-state index is 11.0. The maximum absolute atomic E-state index is 11.0. The number of hydrogen-bond acceptors (Lipinski definition) is 3. The molecule has 0 bridgehead atoms. The Hall–Kier alpha value is -3.40. The van der Waals surface area contributed by atoms with Crippen molar-refractivity contribution in [3.8, 4) is 0 Å². The van der Waals surface area contributed by atoms with E-state index in [1.807, 2.05) is 42.5 Å². The molecule has 0 aromatic heterocycles. The summed E-state index contributed by atoms with van der Waals surface area (Å²) < 4.78 is 5.17. The maximum Gasteiger partial charge on any atom is 0.404 e. The van der Waals surface area contributed by atoms with Crippen LogP contribution in [0.2, 0.25) is 0 Å². The van der Waals surface area contributed by atoms with Crippen LogP contribution >= 0.6 is 0 Å². The van der Waals surface area contributed by atoms with E-state index in [0.717, 1.165) is 35.4 Å². The van der Waals surface area contributed by atoms with Crippen molar-refractivity contribution in [1.29, 1.82) is 0 Å². The summed E-state index contributed by atoms with van der Waals surface area (Å²) in [6.45, 7) is 0. The van der Waals surface area contributed by atoms with E-state index in [0.29, 0.717) is 6.42 Å². The summed E-state index contributed by atoms with van der Waals surface area (Å²) in [4.78, 5) is 16.0.